The third-order valence-corrected chi connectivity index (χ3v) is 5.45. The van der Waals surface area contributed by atoms with Crippen LogP contribution in [0, 0.1) is 0 Å². The molecule has 0 saturated carbocycles. The minimum absolute atomic E-state index is 0.345. The molecular weight excluding hydrogens is 412 g/mol. The van der Waals surface area contributed by atoms with E-state index >= 15 is 0 Å². The number of para-hydroxylation sites is 1. The van der Waals surface area contributed by atoms with E-state index in [-0.39, 0.29) is 5.97 Å². The summed E-state index contributed by atoms with van der Waals surface area (Å²) in [4.78, 5) is 20.8. The highest BCUT2D eigenvalue weighted by atomic mass is 32.1. The van der Waals surface area contributed by atoms with Crippen LogP contribution >= 0.6 is 11.3 Å². The number of benzene rings is 2. The normalized spacial score (nSPS) is 10.6. The van der Waals surface area contributed by atoms with Gasteiger partial charge in [0.25, 0.3) is 0 Å². The van der Waals surface area contributed by atoms with E-state index in [0.717, 1.165) is 27.3 Å². The number of hydrogen-bond donors (Lipinski definition) is 2. The van der Waals surface area contributed by atoms with Crippen LogP contribution in [0.5, 0.6) is 5.75 Å². The molecule has 2 N–H and O–H groups in total. The number of anilines is 2. The zero-order valence-electron chi connectivity index (χ0n) is 17.0. The summed E-state index contributed by atoms with van der Waals surface area (Å²) >= 11 is 1.59. The number of rotatable bonds is 9. The highest BCUT2D eigenvalue weighted by Gasteiger charge is 2.10. The molecule has 7 nitrogen and oxygen atoms in total. The monoisotopic (exact) mass is 434 g/mol. The Balaban J connectivity index is 1.39. The first-order valence-corrected chi connectivity index (χ1v) is 10.7. The average molecular weight is 435 g/mol. The molecule has 0 saturated heterocycles. The lowest BCUT2D eigenvalue weighted by Gasteiger charge is -2.11. The van der Waals surface area contributed by atoms with Crippen molar-refractivity contribution >= 4 is 39.3 Å². The summed E-state index contributed by atoms with van der Waals surface area (Å²) in [5.41, 5.74) is 2.44. The van der Waals surface area contributed by atoms with Gasteiger partial charge in [-0.15, -0.1) is 11.3 Å². The fraction of sp³-hybridized carbons (Fsp3) is 0.174. The number of aromatic nitrogens is 2. The first-order chi connectivity index (χ1) is 15.2. The number of carbonyl (C=O) groups excluding carboxylic acids is 1. The quantitative estimate of drug-likeness (QED) is 0.295. The van der Waals surface area contributed by atoms with E-state index in [2.05, 4.69) is 20.6 Å². The van der Waals surface area contributed by atoms with Crippen molar-refractivity contribution in [2.24, 2.45) is 0 Å². The van der Waals surface area contributed by atoms with Crippen LogP contribution in [0.4, 0.5) is 11.8 Å². The molecule has 0 aliphatic carbocycles. The Morgan fingerprint density at radius 3 is 2.58 bits per heavy atom. The predicted octanol–water partition coefficient (Wildman–Crippen LogP) is 4.58. The van der Waals surface area contributed by atoms with Crippen LogP contribution in [0.3, 0.4) is 0 Å². The molecule has 0 spiro atoms. The van der Waals surface area contributed by atoms with Gasteiger partial charge in [-0.2, -0.15) is 4.98 Å². The van der Waals surface area contributed by atoms with Gasteiger partial charge in [-0.25, -0.2) is 9.78 Å². The minimum Gasteiger partial charge on any atom is -0.492 e. The molecule has 158 valence electrons. The maximum absolute atomic E-state index is 11.6. The fourth-order valence-electron chi connectivity index (χ4n) is 2.97. The van der Waals surface area contributed by atoms with Crippen LogP contribution in [0.1, 0.15) is 15.9 Å². The van der Waals surface area contributed by atoms with Gasteiger partial charge in [0.2, 0.25) is 5.95 Å². The van der Waals surface area contributed by atoms with Gasteiger partial charge in [-0.1, -0.05) is 30.3 Å². The summed E-state index contributed by atoms with van der Waals surface area (Å²) in [6.07, 6.45) is 0. The standard InChI is InChI=1S/C23H22N4O3S/c1-29-22(28)17-9-7-16(8-10-17)15-25-21-20-19(11-14-31-20)26-23(27-21)24-12-13-30-18-5-3-2-4-6-18/h2-11,14H,12-13,15H2,1H3,(H2,24,25,26,27). The van der Waals surface area contributed by atoms with Gasteiger partial charge < -0.3 is 20.1 Å². The molecule has 0 aliphatic heterocycles. The third kappa shape index (κ3) is 5.29. The van der Waals surface area contributed by atoms with E-state index in [9.17, 15) is 4.79 Å². The molecule has 0 amide bonds. The molecule has 4 aromatic rings. The number of ether oxygens (including phenoxy) is 2. The zero-order valence-corrected chi connectivity index (χ0v) is 17.8. The third-order valence-electron chi connectivity index (χ3n) is 4.54. The second-order valence-corrected chi connectivity index (χ2v) is 7.58. The number of fused-ring (bicyclic) bond motifs is 1. The second kappa shape index (κ2) is 9.90. The van der Waals surface area contributed by atoms with E-state index in [0.29, 0.717) is 31.2 Å². The molecule has 0 unspecified atom stereocenters. The number of carbonyl (C=O) groups is 1. The molecule has 31 heavy (non-hydrogen) atoms. The summed E-state index contributed by atoms with van der Waals surface area (Å²) in [6.45, 7) is 1.66. The first-order valence-electron chi connectivity index (χ1n) is 9.81. The Hall–Kier alpha value is -3.65. The lowest BCUT2D eigenvalue weighted by atomic mass is 10.1. The smallest absolute Gasteiger partial charge is 0.337 e. The largest absolute Gasteiger partial charge is 0.492 e. The van der Waals surface area contributed by atoms with Crippen molar-refractivity contribution in [3.63, 3.8) is 0 Å². The Bertz CT molecular complexity index is 1150. The molecule has 8 heteroatoms. The number of nitrogens with zero attached hydrogens (tertiary/aromatic N) is 2. The van der Waals surface area contributed by atoms with Crippen LogP contribution in [-0.2, 0) is 11.3 Å². The lowest BCUT2D eigenvalue weighted by Crippen LogP contribution is -2.14. The number of methoxy groups -OCH3 is 1. The molecule has 0 aliphatic rings. The summed E-state index contributed by atoms with van der Waals surface area (Å²) in [5, 5.41) is 8.61. The number of thiophene rings is 1. The van der Waals surface area contributed by atoms with E-state index in [1.165, 1.54) is 7.11 Å². The maximum Gasteiger partial charge on any atom is 0.337 e. The summed E-state index contributed by atoms with van der Waals surface area (Å²) in [5.74, 6) is 1.80. The maximum atomic E-state index is 11.6. The van der Waals surface area contributed by atoms with Crippen molar-refractivity contribution in [3.05, 3.63) is 77.2 Å². The minimum atomic E-state index is -0.345. The molecule has 0 fully saturated rings. The summed E-state index contributed by atoms with van der Waals surface area (Å²) in [7, 11) is 1.37. The number of esters is 1. The van der Waals surface area contributed by atoms with Crippen LogP contribution in [-0.4, -0.2) is 36.2 Å². The Kier molecular flexibility index (Phi) is 6.59. The molecule has 4 rings (SSSR count). The van der Waals surface area contributed by atoms with Gasteiger partial charge in [-0.3, -0.25) is 0 Å². The van der Waals surface area contributed by atoms with Gasteiger partial charge in [0.05, 0.1) is 29.4 Å². The Labute approximate surface area is 184 Å². The van der Waals surface area contributed by atoms with Crippen LogP contribution in [0.2, 0.25) is 0 Å². The van der Waals surface area contributed by atoms with Crippen LogP contribution < -0.4 is 15.4 Å². The van der Waals surface area contributed by atoms with E-state index in [1.807, 2.05) is 53.9 Å². The van der Waals surface area contributed by atoms with E-state index in [4.69, 9.17) is 9.47 Å². The summed E-state index contributed by atoms with van der Waals surface area (Å²) in [6, 6.07) is 19.0. The van der Waals surface area contributed by atoms with Crippen molar-refractivity contribution in [3.8, 4) is 5.75 Å². The molecule has 2 aromatic carbocycles. The highest BCUT2D eigenvalue weighted by Crippen LogP contribution is 2.27. The van der Waals surface area contributed by atoms with Crippen molar-refractivity contribution < 1.29 is 14.3 Å². The van der Waals surface area contributed by atoms with Gasteiger partial charge in [0, 0.05) is 6.54 Å². The molecular formula is C23H22N4O3S. The molecule has 0 atom stereocenters. The molecule has 0 radical (unpaired) electrons. The van der Waals surface area contributed by atoms with E-state index in [1.54, 1.807) is 23.5 Å². The van der Waals surface area contributed by atoms with Crippen molar-refractivity contribution in [1.82, 2.24) is 9.97 Å². The van der Waals surface area contributed by atoms with Crippen molar-refractivity contribution in [2.75, 3.05) is 30.9 Å². The highest BCUT2D eigenvalue weighted by molar-refractivity contribution is 7.17. The van der Waals surface area contributed by atoms with Gasteiger partial charge in [0.1, 0.15) is 18.2 Å². The first kappa shape index (κ1) is 20.6. The van der Waals surface area contributed by atoms with E-state index < -0.39 is 0 Å². The van der Waals surface area contributed by atoms with Crippen molar-refractivity contribution in [1.29, 1.82) is 0 Å². The topological polar surface area (TPSA) is 85.4 Å². The molecule has 2 heterocycles. The second-order valence-electron chi connectivity index (χ2n) is 6.66. The van der Waals surface area contributed by atoms with Gasteiger partial charge in [-0.05, 0) is 41.3 Å². The summed E-state index contributed by atoms with van der Waals surface area (Å²) < 4.78 is 11.4. The Morgan fingerprint density at radius 2 is 1.81 bits per heavy atom. The predicted molar refractivity (Wildman–Crippen MR) is 123 cm³/mol. The van der Waals surface area contributed by atoms with Gasteiger partial charge >= 0.3 is 5.97 Å². The van der Waals surface area contributed by atoms with Crippen LogP contribution in [0.15, 0.2) is 66.0 Å². The zero-order chi connectivity index (χ0) is 21.5. The lowest BCUT2D eigenvalue weighted by molar-refractivity contribution is 0.0600. The number of nitrogens with one attached hydrogen (secondary N) is 2. The Morgan fingerprint density at radius 1 is 1.00 bits per heavy atom. The SMILES string of the molecule is COC(=O)c1ccc(CNc2nc(NCCOc3ccccc3)nc3ccsc23)cc1. The fourth-order valence-corrected chi connectivity index (χ4v) is 3.77. The molecule has 0 bridgehead atoms. The molecule has 2 aromatic heterocycles. The van der Waals surface area contributed by atoms with Crippen LogP contribution in [0.25, 0.3) is 10.2 Å². The van der Waals surface area contributed by atoms with Gasteiger partial charge in [0.15, 0.2) is 0 Å². The number of hydrogen-bond acceptors (Lipinski definition) is 8. The average Bonchev–Trinajstić information content (AvgIpc) is 3.30. The van der Waals surface area contributed by atoms with Crippen molar-refractivity contribution in [2.45, 2.75) is 6.54 Å².